The van der Waals surface area contributed by atoms with Crippen molar-refractivity contribution in [1.29, 1.82) is 0 Å². The summed E-state index contributed by atoms with van der Waals surface area (Å²) in [6.07, 6.45) is 0. The van der Waals surface area contributed by atoms with Crippen LogP contribution in [0.5, 0.6) is 5.88 Å². The lowest BCUT2D eigenvalue weighted by atomic mass is 10.1. The monoisotopic (exact) mass is 292 g/mol. The number of carbonyl (C=O) groups excluding carboxylic acids is 1. The summed E-state index contributed by atoms with van der Waals surface area (Å²) in [4.78, 5) is 20.2. The summed E-state index contributed by atoms with van der Waals surface area (Å²) in [6.45, 7) is 1.77. The molecule has 1 aromatic carbocycles. The molecular weight excluding hydrogens is 280 g/mol. The lowest BCUT2D eigenvalue weighted by Crippen LogP contribution is -2.16. The minimum atomic E-state index is -0.410. The maximum Gasteiger partial charge on any atom is 0.260 e. The zero-order valence-corrected chi connectivity index (χ0v) is 11.7. The van der Waals surface area contributed by atoms with Gasteiger partial charge in [-0.05, 0) is 25.1 Å². The number of hydrogen-bond acceptors (Lipinski definition) is 5. The molecule has 7 heteroatoms. The van der Waals surface area contributed by atoms with Gasteiger partial charge in [-0.2, -0.15) is 4.98 Å². The van der Waals surface area contributed by atoms with Gasteiger partial charge >= 0.3 is 0 Å². The van der Waals surface area contributed by atoms with Gasteiger partial charge in [-0.25, -0.2) is 4.98 Å². The zero-order chi connectivity index (χ0) is 14.7. The van der Waals surface area contributed by atoms with Crippen LogP contribution in [0.1, 0.15) is 16.1 Å². The van der Waals surface area contributed by atoms with Gasteiger partial charge < -0.3 is 10.5 Å². The standard InChI is InChI=1S/C13H13ClN4O2/c1-7-5-11(20-2)17-13(16-7)18-12(19)9-4-3-8(14)6-10(9)15/h3-6H,15H2,1-2H3,(H,16,17,18,19). The maximum absolute atomic E-state index is 12.1. The van der Waals surface area contributed by atoms with E-state index in [2.05, 4.69) is 15.3 Å². The average Bonchev–Trinajstić information content (AvgIpc) is 2.37. The lowest BCUT2D eigenvalue weighted by Gasteiger charge is -2.08. The predicted octanol–water partition coefficient (Wildman–Crippen LogP) is 2.28. The summed E-state index contributed by atoms with van der Waals surface area (Å²) in [7, 11) is 1.49. The van der Waals surface area contributed by atoms with Gasteiger partial charge in [-0.3, -0.25) is 10.1 Å². The fourth-order valence-electron chi connectivity index (χ4n) is 1.61. The highest BCUT2D eigenvalue weighted by atomic mass is 35.5. The quantitative estimate of drug-likeness (QED) is 0.847. The van der Waals surface area contributed by atoms with E-state index >= 15 is 0 Å². The van der Waals surface area contributed by atoms with Gasteiger partial charge in [-0.1, -0.05) is 11.6 Å². The molecule has 0 spiro atoms. The van der Waals surface area contributed by atoms with Crippen LogP contribution in [0.15, 0.2) is 24.3 Å². The zero-order valence-electron chi connectivity index (χ0n) is 11.0. The first-order chi connectivity index (χ1) is 9.49. The SMILES string of the molecule is COc1cc(C)nc(NC(=O)c2ccc(Cl)cc2N)n1. The number of anilines is 2. The second kappa shape index (κ2) is 5.75. The van der Waals surface area contributed by atoms with E-state index in [1.807, 2.05) is 0 Å². The largest absolute Gasteiger partial charge is 0.481 e. The molecule has 0 aliphatic rings. The van der Waals surface area contributed by atoms with E-state index in [1.54, 1.807) is 25.1 Å². The molecule has 6 nitrogen and oxygen atoms in total. The number of benzene rings is 1. The van der Waals surface area contributed by atoms with Gasteiger partial charge in [0.25, 0.3) is 5.91 Å². The summed E-state index contributed by atoms with van der Waals surface area (Å²) >= 11 is 5.79. The third-order valence-electron chi connectivity index (χ3n) is 2.52. The van der Waals surface area contributed by atoms with Crippen LogP contribution in [0.2, 0.25) is 5.02 Å². The Morgan fingerprint density at radius 1 is 1.35 bits per heavy atom. The number of aryl methyl sites for hydroxylation is 1. The molecule has 20 heavy (non-hydrogen) atoms. The van der Waals surface area contributed by atoms with Gasteiger partial charge in [0.2, 0.25) is 11.8 Å². The number of methoxy groups -OCH3 is 1. The van der Waals surface area contributed by atoms with E-state index in [9.17, 15) is 4.79 Å². The average molecular weight is 293 g/mol. The number of hydrogen-bond donors (Lipinski definition) is 2. The van der Waals surface area contributed by atoms with Gasteiger partial charge in [-0.15, -0.1) is 0 Å². The highest BCUT2D eigenvalue weighted by Crippen LogP contribution is 2.19. The van der Waals surface area contributed by atoms with Crippen molar-refractivity contribution in [3.8, 4) is 5.88 Å². The Morgan fingerprint density at radius 2 is 2.10 bits per heavy atom. The van der Waals surface area contributed by atoms with Crippen LogP contribution in [0.4, 0.5) is 11.6 Å². The smallest absolute Gasteiger partial charge is 0.260 e. The molecule has 0 aliphatic heterocycles. The fraction of sp³-hybridized carbons (Fsp3) is 0.154. The summed E-state index contributed by atoms with van der Waals surface area (Å²) in [5, 5.41) is 3.04. The number of ether oxygens (including phenoxy) is 1. The van der Waals surface area contributed by atoms with Crippen molar-refractivity contribution in [2.24, 2.45) is 0 Å². The summed E-state index contributed by atoms with van der Waals surface area (Å²) in [5.74, 6) is 0.116. The molecule has 0 aliphatic carbocycles. The highest BCUT2D eigenvalue weighted by Gasteiger charge is 2.12. The van der Waals surface area contributed by atoms with Gasteiger partial charge in [0.15, 0.2) is 0 Å². The molecule has 0 fully saturated rings. The Bertz CT molecular complexity index is 661. The fourth-order valence-corrected chi connectivity index (χ4v) is 1.79. The van der Waals surface area contributed by atoms with Crippen molar-refractivity contribution in [3.05, 3.63) is 40.5 Å². The molecule has 0 bridgehead atoms. The molecule has 0 saturated heterocycles. The van der Waals surface area contributed by atoms with Crippen molar-refractivity contribution in [3.63, 3.8) is 0 Å². The maximum atomic E-state index is 12.1. The van der Waals surface area contributed by atoms with Gasteiger partial charge in [0.05, 0.1) is 12.7 Å². The van der Waals surface area contributed by atoms with Gasteiger partial charge in [0, 0.05) is 22.5 Å². The van der Waals surface area contributed by atoms with E-state index in [1.165, 1.54) is 13.2 Å². The van der Waals surface area contributed by atoms with E-state index in [0.29, 0.717) is 22.2 Å². The predicted molar refractivity (Wildman–Crippen MR) is 77.1 cm³/mol. The van der Waals surface area contributed by atoms with Crippen LogP contribution in [-0.2, 0) is 0 Å². The van der Waals surface area contributed by atoms with Crippen molar-refractivity contribution in [1.82, 2.24) is 9.97 Å². The first kappa shape index (κ1) is 14.1. The summed E-state index contributed by atoms with van der Waals surface area (Å²) < 4.78 is 5.02. The normalized spacial score (nSPS) is 10.2. The third kappa shape index (κ3) is 3.16. The Kier molecular flexibility index (Phi) is 4.05. The molecule has 0 atom stereocenters. The second-order valence-electron chi connectivity index (χ2n) is 4.06. The molecule has 1 amide bonds. The summed E-state index contributed by atoms with van der Waals surface area (Å²) in [5.41, 5.74) is 7.02. The number of carbonyl (C=O) groups is 1. The van der Waals surface area contributed by atoms with E-state index < -0.39 is 5.91 Å². The summed E-state index contributed by atoms with van der Waals surface area (Å²) in [6, 6.07) is 6.30. The minimum absolute atomic E-state index is 0.154. The van der Waals surface area contributed by atoms with Crippen molar-refractivity contribution in [2.45, 2.75) is 6.92 Å². The Balaban J connectivity index is 2.25. The molecule has 104 valence electrons. The van der Waals surface area contributed by atoms with Crippen molar-refractivity contribution in [2.75, 3.05) is 18.2 Å². The topological polar surface area (TPSA) is 90.1 Å². The molecule has 0 unspecified atom stereocenters. The van der Waals surface area contributed by atoms with Crippen LogP contribution in [0, 0.1) is 6.92 Å². The van der Waals surface area contributed by atoms with Crippen LogP contribution >= 0.6 is 11.6 Å². The van der Waals surface area contributed by atoms with Crippen LogP contribution in [-0.4, -0.2) is 23.0 Å². The Labute approximate surface area is 120 Å². The van der Waals surface area contributed by atoms with E-state index in [4.69, 9.17) is 22.1 Å². The molecule has 0 radical (unpaired) electrons. The molecule has 1 aromatic heterocycles. The number of aromatic nitrogens is 2. The van der Waals surface area contributed by atoms with Crippen LogP contribution < -0.4 is 15.8 Å². The number of nitrogens with one attached hydrogen (secondary N) is 1. The Hall–Kier alpha value is -2.34. The van der Waals surface area contributed by atoms with Crippen LogP contribution in [0.25, 0.3) is 0 Å². The number of nitrogen functional groups attached to an aromatic ring is 1. The molecule has 0 saturated carbocycles. The van der Waals surface area contributed by atoms with Crippen LogP contribution in [0.3, 0.4) is 0 Å². The van der Waals surface area contributed by atoms with Crippen molar-refractivity contribution < 1.29 is 9.53 Å². The highest BCUT2D eigenvalue weighted by molar-refractivity contribution is 6.31. The number of halogens is 1. The molecule has 3 N–H and O–H groups in total. The lowest BCUT2D eigenvalue weighted by molar-refractivity contribution is 0.102. The molecular formula is C13H13ClN4O2. The molecule has 2 rings (SSSR count). The van der Waals surface area contributed by atoms with E-state index in [-0.39, 0.29) is 11.6 Å². The first-order valence-corrected chi connectivity index (χ1v) is 6.13. The number of nitrogens with two attached hydrogens (primary N) is 1. The minimum Gasteiger partial charge on any atom is -0.481 e. The third-order valence-corrected chi connectivity index (χ3v) is 2.76. The first-order valence-electron chi connectivity index (χ1n) is 5.75. The molecule has 2 aromatic rings. The van der Waals surface area contributed by atoms with Gasteiger partial charge in [0.1, 0.15) is 0 Å². The molecule has 1 heterocycles. The number of amides is 1. The van der Waals surface area contributed by atoms with Crippen molar-refractivity contribution >= 4 is 29.1 Å². The number of nitrogens with zero attached hydrogens (tertiary/aromatic N) is 2. The second-order valence-corrected chi connectivity index (χ2v) is 4.50. The number of rotatable bonds is 3. The van der Waals surface area contributed by atoms with E-state index in [0.717, 1.165) is 0 Å². The Morgan fingerprint density at radius 3 is 2.75 bits per heavy atom.